The number of H-pyrrole nitrogens is 1. The third-order valence-electron chi connectivity index (χ3n) is 2.49. The van der Waals surface area contributed by atoms with Gasteiger partial charge in [0.15, 0.2) is 0 Å². The highest BCUT2D eigenvalue weighted by Gasteiger charge is 2.14. The summed E-state index contributed by atoms with van der Waals surface area (Å²) in [6.07, 6.45) is 1.22. The number of aromatic nitrogens is 2. The van der Waals surface area contributed by atoms with Crippen LogP contribution in [0, 0.1) is 0 Å². The van der Waals surface area contributed by atoms with Crippen molar-refractivity contribution in [2.75, 3.05) is 19.5 Å². The Morgan fingerprint density at radius 3 is 2.80 bits per heavy atom. The van der Waals surface area contributed by atoms with Crippen LogP contribution in [0.2, 0.25) is 0 Å². The van der Waals surface area contributed by atoms with Crippen molar-refractivity contribution in [3.63, 3.8) is 0 Å². The molecule has 20 heavy (non-hydrogen) atoms. The second-order valence-corrected chi connectivity index (χ2v) is 5.35. The van der Waals surface area contributed by atoms with Gasteiger partial charge in [-0.25, -0.2) is 9.47 Å². The number of carbonyl (C=O) groups excluding carboxylic acids is 1. The van der Waals surface area contributed by atoms with Crippen molar-refractivity contribution in [3.05, 3.63) is 55.0 Å². The molecular weight excluding hydrogens is 280 g/mol. The van der Waals surface area contributed by atoms with E-state index in [9.17, 15) is 14.4 Å². The van der Waals surface area contributed by atoms with Crippen LogP contribution >= 0.6 is 11.3 Å². The van der Waals surface area contributed by atoms with Crippen LogP contribution in [0.25, 0.3) is 0 Å². The second-order valence-electron chi connectivity index (χ2n) is 4.43. The molecule has 0 aliphatic carbocycles. The van der Waals surface area contributed by atoms with Crippen LogP contribution in [0.3, 0.4) is 0 Å². The minimum absolute atomic E-state index is 0.383. The maximum atomic E-state index is 12.1. The van der Waals surface area contributed by atoms with E-state index in [0.717, 1.165) is 16.3 Å². The van der Waals surface area contributed by atoms with Crippen molar-refractivity contribution >= 4 is 17.2 Å². The van der Waals surface area contributed by atoms with Gasteiger partial charge < -0.3 is 4.90 Å². The summed E-state index contributed by atoms with van der Waals surface area (Å²) in [4.78, 5) is 39.1. The molecule has 0 fully saturated rings. The molecule has 0 unspecified atom stereocenters. The van der Waals surface area contributed by atoms with Crippen LogP contribution in [0.1, 0.15) is 15.2 Å². The van der Waals surface area contributed by atoms with Crippen LogP contribution in [0.5, 0.6) is 0 Å². The predicted molar refractivity (Wildman–Crippen MR) is 76.7 cm³/mol. The number of thiophene rings is 1. The van der Waals surface area contributed by atoms with Crippen LogP contribution < -0.4 is 16.7 Å². The summed E-state index contributed by atoms with van der Waals surface area (Å²) in [5.41, 5.74) is 2.13. The second kappa shape index (κ2) is 5.85. The fourth-order valence-corrected chi connectivity index (χ4v) is 2.47. The van der Waals surface area contributed by atoms with Crippen molar-refractivity contribution in [2.24, 2.45) is 0 Å². The Morgan fingerprint density at radius 2 is 2.15 bits per heavy atom. The van der Waals surface area contributed by atoms with E-state index in [1.165, 1.54) is 17.5 Å². The van der Waals surface area contributed by atoms with Crippen molar-refractivity contribution in [1.82, 2.24) is 14.6 Å². The lowest BCUT2D eigenvalue weighted by Crippen LogP contribution is -2.37. The number of hydrogen-bond acceptors (Lipinski definition) is 5. The smallest absolute Gasteiger partial charge is 0.305 e. The predicted octanol–water partition coefficient (Wildman–Crippen LogP) is 0.0436. The summed E-state index contributed by atoms with van der Waals surface area (Å²) < 4.78 is 0.947. The zero-order valence-corrected chi connectivity index (χ0v) is 11.9. The van der Waals surface area contributed by atoms with Gasteiger partial charge in [-0.15, -0.1) is 11.3 Å². The molecule has 106 valence electrons. The van der Waals surface area contributed by atoms with Gasteiger partial charge in [0.2, 0.25) is 0 Å². The number of amides is 1. The quantitative estimate of drug-likeness (QED) is 0.834. The van der Waals surface area contributed by atoms with Crippen molar-refractivity contribution in [2.45, 2.75) is 6.54 Å². The molecule has 0 radical (unpaired) electrons. The van der Waals surface area contributed by atoms with Crippen molar-refractivity contribution < 1.29 is 4.79 Å². The Bertz CT molecular complexity index is 729. The maximum absolute atomic E-state index is 12.1. The van der Waals surface area contributed by atoms with E-state index in [-0.39, 0.29) is 5.91 Å². The molecule has 0 saturated carbocycles. The maximum Gasteiger partial charge on any atom is 0.347 e. The Balaban J connectivity index is 2.22. The number of nitrogens with one attached hydrogen (secondary N) is 2. The standard InChI is InChI=1S/C12H14N4O3S/c1-15(2)7-8-4-6-20-10(8)11(18)14-16-5-3-9(17)13-12(16)19/h3-6H,7H2,1-2H3,(H,14,18)(H,13,17,19). The van der Waals surface area contributed by atoms with E-state index >= 15 is 0 Å². The molecule has 7 nitrogen and oxygen atoms in total. The topological polar surface area (TPSA) is 87.2 Å². The Morgan fingerprint density at radius 1 is 1.40 bits per heavy atom. The zero-order chi connectivity index (χ0) is 14.7. The molecule has 0 spiro atoms. The van der Waals surface area contributed by atoms with Crippen molar-refractivity contribution in [1.29, 1.82) is 0 Å². The lowest BCUT2D eigenvalue weighted by Gasteiger charge is -2.11. The van der Waals surface area contributed by atoms with Gasteiger partial charge in [-0.2, -0.15) is 0 Å². The molecule has 0 aliphatic rings. The first kappa shape index (κ1) is 14.2. The summed E-state index contributed by atoms with van der Waals surface area (Å²) in [6.45, 7) is 0.632. The Kier molecular flexibility index (Phi) is 4.16. The molecule has 0 aliphatic heterocycles. The van der Waals surface area contributed by atoms with Gasteiger partial charge in [0.25, 0.3) is 11.5 Å². The molecule has 1 amide bonds. The SMILES string of the molecule is CN(C)Cc1ccsc1C(=O)Nn1ccc(=O)[nH]c1=O. The molecule has 0 saturated heterocycles. The van der Waals surface area contributed by atoms with E-state index in [0.29, 0.717) is 11.4 Å². The largest absolute Gasteiger partial charge is 0.347 e. The van der Waals surface area contributed by atoms with E-state index in [2.05, 4.69) is 10.4 Å². The number of nitrogens with zero attached hydrogens (tertiary/aromatic N) is 2. The summed E-state index contributed by atoms with van der Waals surface area (Å²) >= 11 is 1.30. The van der Waals surface area contributed by atoms with Gasteiger partial charge in [-0.05, 0) is 31.1 Å². The van der Waals surface area contributed by atoms with E-state index in [1.807, 2.05) is 30.4 Å². The number of rotatable bonds is 4. The summed E-state index contributed by atoms with van der Waals surface area (Å²) in [5.74, 6) is -0.383. The molecule has 2 aromatic heterocycles. The van der Waals surface area contributed by atoms with Gasteiger partial charge >= 0.3 is 5.69 Å². The number of hydrogen-bond donors (Lipinski definition) is 2. The molecule has 2 rings (SSSR count). The van der Waals surface area contributed by atoms with Crippen LogP contribution in [-0.2, 0) is 6.54 Å². The fourth-order valence-electron chi connectivity index (χ4n) is 1.67. The third-order valence-corrected chi connectivity index (χ3v) is 3.44. The average Bonchev–Trinajstić information content (AvgIpc) is 2.80. The van der Waals surface area contributed by atoms with Gasteiger partial charge in [0.1, 0.15) is 0 Å². The number of aromatic amines is 1. The van der Waals surface area contributed by atoms with Gasteiger partial charge in [0.05, 0.1) is 4.88 Å². The molecule has 8 heteroatoms. The molecule has 0 atom stereocenters. The fraction of sp³-hybridized carbons (Fsp3) is 0.250. The number of carbonyl (C=O) groups is 1. The monoisotopic (exact) mass is 294 g/mol. The third kappa shape index (κ3) is 3.22. The van der Waals surface area contributed by atoms with E-state index < -0.39 is 11.2 Å². The highest BCUT2D eigenvalue weighted by Crippen LogP contribution is 2.18. The lowest BCUT2D eigenvalue weighted by molar-refractivity contribution is 0.101. The summed E-state index contributed by atoms with van der Waals surface area (Å²) in [7, 11) is 3.82. The van der Waals surface area contributed by atoms with Crippen LogP contribution in [-0.4, -0.2) is 34.6 Å². The molecule has 2 aromatic rings. The highest BCUT2D eigenvalue weighted by atomic mass is 32.1. The van der Waals surface area contributed by atoms with Gasteiger partial charge in [0, 0.05) is 18.8 Å². The molecule has 2 N–H and O–H groups in total. The molecular formula is C12H14N4O3S. The molecule has 2 heterocycles. The summed E-state index contributed by atoms with van der Waals surface area (Å²) in [6, 6.07) is 3.03. The van der Waals surface area contributed by atoms with E-state index in [1.54, 1.807) is 0 Å². The van der Waals surface area contributed by atoms with Gasteiger partial charge in [-0.1, -0.05) is 0 Å². The first-order chi connectivity index (χ1) is 9.47. The highest BCUT2D eigenvalue weighted by molar-refractivity contribution is 7.12. The first-order valence-electron chi connectivity index (χ1n) is 5.82. The minimum Gasteiger partial charge on any atom is -0.305 e. The molecule has 0 aromatic carbocycles. The molecule has 0 bridgehead atoms. The van der Waals surface area contributed by atoms with E-state index in [4.69, 9.17) is 0 Å². The lowest BCUT2D eigenvalue weighted by atomic mass is 10.2. The van der Waals surface area contributed by atoms with Crippen molar-refractivity contribution in [3.8, 4) is 0 Å². The average molecular weight is 294 g/mol. The summed E-state index contributed by atoms with van der Waals surface area (Å²) in [5, 5.41) is 1.82. The van der Waals surface area contributed by atoms with Crippen LogP contribution in [0.15, 0.2) is 33.3 Å². The normalized spacial score (nSPS) is 10.8. The minimum atomic E-state index is -0.684. The first-order valence-corrected chi connectivity index (χ1v) is 6.70. The van der Waals surface area contributed by atoms with Crippen LogP contribution in [0.4, 0.5) is 0 Å². The Labute approximate surface area is 118 Å². The Hall–Kier alpha value is -2.19. The van der Waals surface area contributed by atoms with Gasteiger partial charge in [-0.3, -0.25) is 20.0 Å². The zero-order valence-electron chi connectivity index (χ0n) is 11.0.